The SMILES string of the molecule is COc1ccc(CNC(=O)C(OC(=O)C(C)OCC2CCCO2)C(C)C)cc1. The molecule has 156 valence electrons. The standard InChI is InChI=1S/C21H31NO6/c1-14(2)19(20(23)22-12-16-7-9-17(25-4)10-8-16)28-21(24)15(3)27-13-18-6-5-11-26-18/h7-10,14-15,18-19H,5-6,11-13H2,1-4H3,(H,22,23). The summed E-state index contributed by atoms with van der Waals surface area (Å²) in [6.45, 7) is 6.73. The Morgan fingerprint density at radius 2 is 1.93 bits per heavy atom. The van der Waals surface area contributed by atoms with Gasteiger partial charge < -0.3 is 24.3 Å². The van der Waals surface area contributed by atoms with Gasteiger partial charge in [-0.15, -0.1) is 0 Å². The summed E-state index contributed by atoms with van der Waals surface area (Å²) in [6.07, 6.45) is 0.351. The molecule has 0 radical (unpaired) electrons. The zero-order chi connectivity index (χ0) is 20.5. The number of esters is 1. The fourth-order valence-electron chi connectivity index (χ4n) is 2.84. The average molecular weight is 393 g/mol. The molecule has 2 rings (SSSR count). The molecule has 0 aromatic heterocycles. The molecule has 1 aliphatic heterocycles. The molecular weight excluding hydrogens is 362 g/mol. The lowest BCUT2D eigenvalue weighted by Crippen LogP contribution is -2.42. The number of hydrogen-bond donors (Lipinski definition) is 1. The van der Waals surface area contributed by atoms with Gasteiger partial charge in [0.15, 0.2) is 12.2 Å². The highest BCUT2D eigenvalue weighted by atomic mass is 16.6. The van der Waals surface area contributed by atoms with Gasteiger partial charge in [0.2, 0.25) is 0 Å². The maximum atomic E-state index is 12.5. The van der Waals surface area contributed by atoms with Crippen LogP contribution in [0.4, 0.5) is 0 Å². The van der Waals surface area contributed by atoms with Crippen LogP contribution in [0.1, 0.15) is 39.2 Å². The van der Waals surface area contributed by atoms with Crippen molar-refractivity contribution in [3.05, 3.63) is 29.8 Å². The van der Waals surface area contributed by atoms with E-state index in [-0.39, 0.29) is 17.9 Å². The maximum absolute atomic E-state index is 12.5. The average Bonchev–Trinajstić information content (AvgIpc) is 3.21. The number of hydrogen-bond acceptors (Lipinski definition) is 6. The lowest BCUT2D eigenvalue weighted by atomic mass is 10.1. The molecule has 1 heterocycles. The van der Waals surface area contributed by atoms with Crippen molar-refractivity contribution in [2.45, 2.75) is 58.5 Å². The fourth-order valence-corrected chi connectivity index (χ4v) is 2.84. The van der Waals surface area contributed by atoms with Crippen LogP contribution in [0.15, 0.2) is 24.3 Å². The van der Waals surface area contributed by atoms with Crippen molar-refractivity contribution in [2.75, 3.05) is 20.3 Å². The quantitative estimate of drug-likeness (QED) is 0.615. The zero-order valence-electron chi connectivity index (χ0n) is 17.1. The highest BCUT2D eigenvalue weighted by Gasteiger charge is 2.29. The maximum Gasteiger partial charge on any atom is 0.335 e. The van der Waals surface area contributed by atoms with Gasteiger partial charge in [0, 0.05) is 13.2 Å². The Labute approximate surface area is 166 Å². The Morgan fingerprint density at radius 3 is 2.50 bits per heavy atom. The van der Waals surface area contributed by atoms with Crippen molar-refractivity contribution < 1.29 is 28.5 Å². The van der Waals surface area contributed by atoms with Gasteiger partial charge in [0.25, 0.3) is 5.91 Å². The smallest absolute Gasteiger partial charge is 0.335 e. The lowest BCUT2D eigenvalue weighted by Gasteiger charge is -2.23. The van der Waals surface area contributed by atoms with Crippen molar-refractivity contribution in [3.8, 4) is 5.75 Å². The van der Waals surface area contributed by atoms with E-state index >= 15 is 0 Å². The minimum Gasteiger partial charge on any atom is -0.497 e. The fraction of sp³-hybridized carbons (Fsp3) is 0.619. The molecule has 1 aliphatic rings. The summed E-state index contributed by atoms with van der Waals surface area (Å²) >= 11 is 0. The van der Waals surface area contributed by atoms with Crippen LogP contribution in [0.5, 0.6) is 5.75 Å². The Hall–Kier alpha value is -2.12. The van der Waals surface area contributed by atoms with Crippen LogP contribution in [0.25, 0.3) is 0 Å². The van der Waals surface area contributed by atoms with Gasteiger partial charge in [0.1, 0.15) is 5.75 Å². The van der Waals surface area contributed by atoms with Crippen LogP contribution in [-0.2, 0) is 30.3 Å². The topological polar surface area (TPSA) is 83.1 Å². The van der Waals surface area contributed by atoms with Crippen molar-refractivity contribution in [1.29, 1.82) is 0 Å². The predicted octanol–water partition coefficient (Wildman–Crippen LogP) is 2.46. The van der Waals surface area contributed by atoms with Gasteiger partial charge in [-0.25, -0.2) is 4.79 Å². The first-order valence-electron chi connectivity index (χ1n) is 9.75. The number of benzene rings is 1. The first-order valence-corrected chi connectivity index (χ1v) is 9.75. The normalized spacial score (nSPS) is 18.5. The first kappa shape index (κ1) is 22.2. The minimum absolute atomic E-state index is 0.0314. The summed E-state index contributed by atoms with van der Waals surface area (Å²) in [6, 6.07) is 7.40. The van der Waals surface area contributed by atoms with E-state index in [0.29, 0.717) is 13.2 Å². The van der Waals surface area contributed by atoms with Crippen LogP contribution in [0, 0.1) is 5.92 Å². The second kappa shape index (κ2) is 11.0. The first-order chi connectivity index (χ1) is 13.4. The molecule has 1 fully saturated rings. The highest BCUT2D eigenvalue weighted by molar-refractivity contribution is 5.85. The van der Waals surface area contributed by atoms with Gasteiger partial charge >= 0.3 is 5.97 Å². The molecule has 28 heavy (non-hydrogen) atoms. The zero-order valence-corrected chi connectivity index (χ0v) is 17.1. The number of methoxy groups -OCH3 is 1. The van der Waals surface area contributed by atoms with E-state index in [9.17, 15) is 9.59 Å². The van der Waals surface area contributed by atoms with Gasteiger partial charge in [-0.05, 0) is 43.4 Å². The van der Waals surface area contributed by atoms with E-state index in [1.54, 1.807) is 14.0 Å². The minimum atomic E-state index is -0.875. The second-order valence-corrected chi connectivity index (χ2v) is 7.28. The molecule has 0 saturated carbocycles. The van der Waals surface area contributed by atoms with E-state index < -0.39 is 18.2 Å². The number of amides is 1. The molecular formula is C21H31NO6. The van der Waals surface area contributed by atoms with E-state index in [2.05, 4.69) is 5.32 Å². The van der Waals surface area contributed by atoms with Gasteiger partial charge in [-0.2, -0.15) is 0 Å². The third kappa shape index (κ3) is 6.80. The summed E-state index contributed by atoms with van der Waals surface area (Å²) in [7, 11) is 1.60. The third-order valence-corrected chi connectivity index (χ3v) is 4.62. The molecule has 1 aromatic rings. The lowest BCUT2D eigenvalue weighted by molar-refractivity contribution is -0.169. The molecule has 7 nitrogen and oxygen atoms in total. The van der Waals surface area contributed by atoms with Crippen LogP contribution >= 0.6 is 0 Å². The molecule has 1 N–H and O–H groups in total. The monoisotopic (exact) mass is 393 g/mol. The number of ether oxygens (including phenoxy) is 4. The van der Waals surface area contributed by atoms with E-state index in [1.165, 1.54) is 0 Å². The number of nitrogens with one attached hydrogen (secondary N) is 1. The Kier molecular flexibility index (Phi) is 8.73. The van der Waals surface area contributed by atoms with Crippen molar-refractivity contribution in [2.24, 2.45) is 5.92 Å². The molecule has 0 aliphatic carbocycles. The third-order valence-electron chi connectivity index (χ3n) is 4.62. The van der Waals surface area contributed by atoms with Gasteiger partial charge in [-0.3, -0.25) is 4.79 Å². The molecule has 7 heteroatoms. The Morgan fingerprint density at radius 1 is 1.21 bits per heavy atom. The summed E-state index contributed by atoms with van der Waals surface area (Å²) in [5, 5.41) is 2.82. The molecule has 1 amide bonds. The van der Waals surface area contributed by atoms with Gasteiger partial charge in [-0.1, -0.05) is 26.0 Å². The van der Waals surface area contributed by atoms with E-state index in [1.807, 2.05) is 38.1 Å². The highest BCUT2D eigenvalue weighted by Crippen LogP contribution is 2.15. The number of carbonyl (C=O) groups excluding carboxylic acids is 2. The Bertz CT molecular complexity index is 624. The van der Waals surface area contributed by atoms with Crippen LogP contribution in [0.3, 0.4) is 0 Å². The summed E-state index contributed by atoms with van der Waals surface area (Å²) in [5.41, 5.74) is 0.927. The Balaban J connectivity index is 1.82. The summed E-state index contributed by atoms with van der Waals surface area (Å²) in [4.78, 5) is 24.9. The van der Waals surface area contributed by atoms with E-state index in [0.717, 1.165) is 30.8 Å². The largest absolute Gasteiger partial charge is 0.497 e. The molecule has 3 unspecified atom stereocenters. The van der Waals surface area contributed by atoms with Crippen molar-refractivity contribution in [1.82, 2.24) is 5.32 Å². The number of carbonyl (C=O) groups is 2. The molecule has 0 bridgehead atoms. The van der Waals surface area contributed by atoms with Crippen LogP contribution in [-0.4, -0.2) is 50.5 Å². The molecule has 1 aromatic carbocycles. The predicted molar refractivity (Wildman–Crippen MR) is 104 cm³/mol. The van der Waals surface area contributed by atoms with Gasteiger partial charge in [0.05, 0.1) is 19.8 Å². The molecule has 0 spiro atoms. The van der Waals surface area contributed by atoms with Crippen LogP contribution in [0.2, 0.25) is 0 Å². The summed E-state index contributed by atoms with van der Waals surface area (Å²) < 4.78 is 21.6. The van der Waals surface area contributed by atoms with E-state index in [4.69, 9.17) is 18.9 Å². The molecule has 1 saturated heterocycles. The summed E-state index contributed by atoms with van der Waals surface area (Å²) in [5.74, 6) is -0.284. The molecule has 3 atom stereocenters. The second-order valence-electron chi connectivity index (χ2n) is 7.28. The number of rotatable bonds is 10. The van der Waals surface area contributed by atoms with Crippen molar-refractivity contribution in [3.63, 3.8) is 0 Å². The van der Waals surface area contributed by atoms with Crippen molar-refractivity contribution >= 4 is 11.9 Å². The van der Waals surface area contributed by atoms with Crippen LogP contribution < -0.4 is 10.1 Å².